The van der Waals surface area contributed by atoms with Gasteiger partial charge >= 0.3 is 0 Å². The quantitative estimate of drug-likeness (QED) is 0.897. The Morgan fingerprint density at radius 3 is 2.19 bits per heavy atom. The summed E-state index contributed by atoms with van der Waals surface area (Å²) in [6.45, 7) is 11.5. The molecule has 0 bridgehead atoms. The van der Waals surface area contributed by atoms with Crippen LogP contribution in [0.2, 0.25) is 0 Å². The van der Waals surface area contributed by atoms with Crippen LogP contribution in [-0.2, 0) is 11.3 Å². The van der Waals surface area contributed by atoms with Crippen LogP contribution in [0, 0.1) is 20.8 Å². The molecule has 3 rings (SSSR count). The topological polar surface area (TPSA) is 35.6 Å². The Labute approximate surface area is 156 Å². The van der Waals surface area contributed by atoms with Gasteiger partial charge in [-0.2, -0.15) is 0 Å². The van der Waals surface area contributed by atoms with Crippen LogP contribution in [-0.4, -0.2) is 48.4 Å². The first-order chi connectivity index (χ1) is 12.5. The molecule has 1 heterocycles. The standard InChI is InChI=1S/C22H29N3O/c1-17-5-8-20(9-6-17)15-24-10-12-25(13-11-24)16-22(26)23-21-14-18(2)4-7-19(21)3/h4-9,14H,10-13,15-16H2,1-3H3,(H,23,26). The molecule has 1 N–H and O–H groups in total. The molecule has 1 aliphatic heterocycles. The van der Waals surface area contributed by atoms with Gasteiger partial charge in [-0.05, 0) is 43.5 Å². The minimum atomic E-state index is 0.0747. The summed E-state index contributed by atoms with van der Waals surface area (Å²) in [5.74, 6) is 0.0747. The lowest BCUT2D eigenvalue weighted by Crippen LogP contribution is -2.48. The molecule has 26 heavy (non-hydrogen) atoms. The molecule has 4 nitrogen and oxygen atoms in total. The maximum Gasteiger partial charge on any atom is 0.238 e. The Balaban J connectivity index is 1.45. The molecule has 1 aliphatic rings. The second-order valence-electron chi connectivity index (χ2n) is 7.40. The van der Waals surface area contributed by atoms with Gasteiger partial charge in [0.05, 0.1) is 6.54 Å². The van der Waals surface area contributed by atoms with E-state index in [0.29, 0.717) is 6.54 Å². The second kappa shape index (κ2) is 8.47. The molecule has 0 saturated carbocycles. The Kier molecular flexibility index (Phi) is 6.07. The van der Waals surface area contributed by atoms with Gasteiger partial charge in [-0.3, -0.25) is 14.6 Å². The summed E-state index contributed by atoms with van der Waals surface area (Å²) in [6, 6.07) is 14.9. The number of nitrogens with one attached hydrogen (secondary N) is 1. The van der Waals surface area contributed by atoms with Crippen molar-refractivity contribution in [3.8, 4) is 0 Å². The van der Waals surface area contributed by atoms with Crippen LogP contribution in [0.5, 0.6) is 0 Å². The largest absolute Gasteiger partial charge is 0.325 e. The highest BCUT2D eigenvalue weighted by Gasteiger charge is 2.19. The predicted molar refractivity (Wildman–Crippen MR) is 107 cm³/mol. The highest BCUT2D eigenvalue weighted by Crippen LogP contribution is 2.16. The number of nitrogens with zero attached hydrogens (tertiary/aromatic N) is 2. The van der Waals surface area contributed by atoms with Crippen molar-refractivity contribution in [1.82, 2.24) is 9.80 Å². The average Bonchev–Trinajstić information content (AvgIpc) is 2.62. The minimum absolute atomic E-state index is 0.0747. The number of hydrogen-bond acceptors (Lipinski definition) is 3. The number of aryl methyl sites for hydroxylation is 3. The molecule has 0 radical (unpaired) electrons. The summed E-state index contributed by atoms with van der Waals surface area (Å²) in [5, 5.41) is 3.06. The van der Waals surface area contributed by atoms with Gasteiger partial charge in [0.15, 0.2) is 0 Å². The normalized spacial score (nSPS) is 15.8. The zero-order chi connectivity index (χ0) is 18.5. The number of carbonyl (C=O) groups excluding carboxylic acids is 1. The summed E-state index contributed by atoms with van der Waals surface area (Å²) < 4.78 is 0. The van der Waals surface area contributed by atoms with Crippen LogP contribution in [0.15, 0.2) is 42.5 Å². The molecular weight excluding hydrogens is 322 g/mol. The zero-order valence-electron chi connectivity index (χ0n) is 16.1. The Bertz CT molecular complexity index is 746. The Morgan fingerprint density at radius 1 is 0.885 bits per heavy atom. The second-order valence-corrected chi connectivity index (χ2v) is 7.40. The molecule has 0 atom stereocenters. The van der Waals surface area contributed by atoms with Crippen molar-refractivity contribution in [2.75, 3.05) is 38.0 Å². The van der Waals surface area contributed by atoms with Crippen LogP contribution in [0.1, 0.15) is 22.3 Å². The summed E-state index contributed by atoms with van der Waals surface area (Å²) >= 11 is 0. The molecule has 4 heteroatoms. The van der Waals surface area contributed by atoms with Crippen LogP contribution in [0.3, 0.4) is 0 Å². The van der Waals surface area contributed by atoms with Crippen molar-refractivity contribution in [3.05, 3.63) is 64.7 Å². The number of piperazine rings is 1. The van der Waals surface area contributed by atoms with Crippen LogP contribution < -0.4 is 5.32 Å². The molecule has 0 aliphatic carbocycles. The first-order valence-electron chi connectivity index (χ1n) is 9.37. The fourth-order valence-corrected chi connectivity index (χ4v) is 3.32. The van der Waals surface area contributed by atoms with Gasteiger partial charge in [-0.1, -0.05) is 42.0 Å². The van der Waals surface area contributed by atoms with Gasteiger partial charge < -0.3 is 5.32 Å². The molecule has 2 aromatic rings. The lowest BCUT2D eigenvalue weighted by Gasteiger charge is -2.34. The SMILES string of the molecule is Cc1ccc(CN2CCN(CC(=O)Nc3cc(C)ccc3C)CC2)cc1. The van der Waals surface area contributed by atoms with Gasteiger partial charge in [0.2, 0.25) is 5.91 Å². The van der Waals surface area contributed by atoms with Gasteiger partial charge in [0.25, 0.3) is 0 Å². The van der Waals surface area contributed by atoms with Crippen molar-refractivity contribution in [1.29, 1.82) is 0 Å². The number of benzene rings is 2. The van der Waals surface area contributed by atoms with Gasteiger partial charge in [0, 0.05) is 38.4 Å². The third-order valence-corrected chi connectivity index (χ3v) is 5.03. The van der Waals surface area contributed by atoms with Gasteiger partial charge in [-0.25, -0.2) is 0 Å². The van der Waals surface area contributed by atoms with E-state index in [4.69, 9.17) is 0 Å². The van der Waals surface area contributed by atoms with E-state index in [0.717, 1.165) is 49.5 Å². The molecule has 0 unspecified atom stereocenters. The third-order valence-electron chi connectivity index (χ3n) is 5.03. The maximum atomic E-state index is 12.4. The fraction of sp³-hybridized carbons (Fsp3) is 0.409. The van der Waals surface area contributed by atoms with E-state index in [9.17, 15) is 4.79 Å². The van der Waals surface area contributed by atoms with E-state index in [-0.39, 0.29) is 5.91 Å². The van der Waals surface area contributed by atoms with Crippen LogP contribution in [0.4, 0.5) is 5.69 Å². The molecule has 1 fully saturated rings. The number of anilines is 1. The van der Waals surface area contributed by atoms with Crippen LogP contribution >= 0.6 is 0 Å². The fourth-order valence-electron chi connectivity index (χ4n) is 3.32. The predicted octanol–water partition coefficient (Wildman–Crippen LogP) is 3.37. The molecule has 0 spiro atoms. The molecule has 138 valence electrons. The molecule has 2 aromatic carbocycles. The van der Waals surface area contributed by atoms with Crippen LogP contribution in [0.25, 0.3) is 0 Å². The van der Waals surface area contributed by atoms with Gasteiger partial charge in [0.1, 0.15) is 0 Å². The Morgan fingerprint density at radius 2 is 1.50 bits per heavy atom. The lowest BCUT2D eigenvalue weighted by atomic mass is 10.1. The maximum absolute atomic E-state index is 12.4. The smallest absolute Gasteiger partial charge is 0.238 e. The summed E-state index contributed by atoms with van der Waals surface area (Å²) in [7, 11) is 0. The number of amides is 1. The molecule has 1 amide bonds. The zero-order valence-corrected chi connectivity index (χ0v) is 16.1. The van der Waals surface area contributed by atoms with E-state index in [1.165, 1.54) is 11.1 Å². The molecular formula is C22H29N3O. The molecule has 1 saturated heterocycles. The first-order valence-corrected chi connectivity index (χ1v) is 9.37. The Hall–Kier alpha value is -2.17. The van der Waals surface area contributed by atoms with Crippen molar-refractivity contribution in [2.45, 2.75) is 27.3 Å². The van der Waals surface area contributed by atoms with E-state index in [2.05, 4.69) is 58.4 Å². The highest BCUT2D eigenvalue weighted by molar-refractivity contribution is 5.93. The highest BCUT2D eigenvalue weighted by atomic mass is 16.2. The van der Waals surface area contributed by atoms with E-state index >= 15 is 0 Å². The number of rotatable bonds is 5. The average molecular weight is 351 g/mol. The lowest BCUT2D eigenvalue weighted by molar-refractivity contribution is -0.117. The van der Waals surface area contributed by atoms with Crippen molar-refractivity contribution in [2.24, 2.45) is 0 Å². The van der Waals surface area contributed by atoms with Crippen molar-refractivity contribution < 1.29 is 4.79 Å². The van der Waals surface area contributed by atoms with E-state index in [1.807, 2.05) is 19.9 Å². The van der Waals surface area contributed by atoms with E-state index in [1.54, 1.807) is 0 Å². The van der Waals surface area contributed by atoms with Crippen molar-refractivity contribution in [3.63, 3.8) is 0 Å². The minimum Gasteiger partial charge on any atom is -0.325 e. The summed E-state index contributed by atoms with van der Waals surface area (Å²) in [5.41, 5.74) is 5.85. The first kappa shape index (κ1) is 18.6. The molecule has 0 aromatic heterocycles. The summed E-state index contributed by atoms with van der Waals surface area (Å²) in [6.07, 6.45) is 0. The van der Waals surface area contributed by atoms with Gasteiger partial charge in [-0.15, -0.1) is 0 Å². The van der Waals surface area contributed by atoms with E-state index < -0.39 is 0 Å². The summed E-state index contributed by atoms with van der Waals surface area (Å²) in [4.78, 5) is 17.1. The number of carbonyl (C=O) groups is 1. The monoisotopic (exact) mass is 351 g/mol. The van der Waals surface area contributed by atoms with Crippen molar-refractivity contribution >= 4 is 11.6 Å². The third kappa shape index (κ3) is 5.16. The number of hydrogen-bond donors (Lipinski definition) is 1.